The van der Waals surface area contributed by atoms with Crippen LogP contribution in [0, 0.1) is 5.41 Å². The highest BCUT2D eigenvalue weighted by Gasteiger charge is 2.47. The molecule has 74 valence electrons. The number of amides is 1. The Labute approximate surface area is 88.1 Å². The molecule has 0 bridgehead atoms. The van der Waals surface area contributed by atoms with Crippen LogP contribution in [0.15, 0.2) is 35.2 Å². The van der Waals surface area contributed by atoms with E-state index in [1.165, 1.54) is 4.90 Å². The topological polar surface area (TPSA) is 29.1 Å². The number of carbonyl (C=O) groups excluding carboxylic acids is 1. The lowest BCUT2D eigenvalue weighted by Gasteiger charge is -2.43. The number of β-lactam (4-membered cyclic amide) rings is 1. The van der Waals surface area contributed by atoms with Crippen molar-refractivity contribution in [2.24, 2.45) is 5.41 Å². The summed E-state index contributed by atoms with van der Waals surface area (Å²) >= 11 is 1.71. The van der Waals surface area contributed by atoms with Gasteiger partial charge < -0.3 is 5.32 Å². The zero-order valence-corrected chi connectivity index (χ0v) is 9.10. The molecule has 1 fully saturated rings. The molecule has 1 aliphatic heterocycles. The fourth-order valence-corrected chi connectivity index (χ4v) is 2.49. The van der Waals surface area contributed by atoms with Gasteiger partial charge >= 0.3 is 0 Å². The van der Waals surface area contributed by atoms with Gasteiger partial charge in [-0.25, -0.2) is 0 Å². The van der Waals surface area contributed by atoms with Crippen LogP contribution in [0.4, 0.5) is 0 Å². The van der Waals surface area contributed by atoms with E-state index in [2.05, 4.69) is 17.4 Å². The molecule has 1 atom stereocenters. The molecule has 14 heavy (non-hydrogen) atoms. The van der Waals surface area contributed by atoms with Crippen LogP contribution in [0.5, 0.6) is 0 Å². The highest BCUT2D eigenvalue weighted by molar-refractivity contribution is 8.00. The van der Waals surface area contributed by atoms with E-state index in [1.54, 1.807) is 11.8 Å². The predicted octanol–water partition coefficient (Wildman–Crippen LogP) is 2.26. The largest absolute Gasteiger partial charge is 0.342 e. The lowest BCUT2D eigenvalue weighted by molar-refractivity contribution is -0.138. The third kappa shape index (κ3) is 1.52. The maximum Gasteiger partial charge on any atom is 0.229 e. The molecular formula is C11H13NOS. The van der Waals surface area contributed by atoms with Crippen LogP contribution in [0.25, 0.3) is 0 Å². The van der Waals surface area contributed by atoms with Gasteiger partial charge in [-0.3, -0.25) is 4.79 Å². The molecule has 0 aromatic heterocycles. The smallest absolute Gasteiger partial charge is 0.229 e. The second kappa shape index (κ2) is 3.31. The van der Waals surface area contributed by atoms with E-state index in [0.717, 1.165) is 0 Å². The molecule has 0 radical (unpaired) electrons. The summed E-state index contributed by atoms with van der Waals surface area (Å²) < 4.78 is 0. The Morgan fingerprint density at radius 3 is 2.43 bits per heavy atom. The second-order valence-electron chi connectivity index (χ2n) is 4.01. The Morgan fingerprint density at radius 2 is 1.93 bits per heavy atom. The summed E-state index contributed by atoms with van der Waals surface area (Å²) in [4.78, 5) is 12.4. The van der Waals surface area contributed by atoms with Gasteiger partial charge in [-0.05, 0) is 26.0 Å². The maximum absolute atomic E-state index is 11.2. The monoisotopic (exact) mass is 207 g/mol. The van der Waals surface area contributed by atoms with Crippen LogP contribution in [0.2, 0.25) is 0 Å². The number of rotatable bonds is 2. The molecule has 0 saturated carbocycles. The van der Waals surface area contributed by atoms with Crippen molar-refractivity contribution in [1.82, 2.24) is 5.32 Å². The standard InChI is InChI=1S/C11H13NOS/c1-11(2)9(13)12-10(11)14-8-6-4-3-5-7-8/h3-7,10H,1-2H3,(H,12,13)/t10-/m1/s1. The third-order valence-corrected chi connectivity index (χ3v) is 3.99. The molecule has 1 aliphatic rings. The van der Waals surface area contributed by atoms with Crippen LogP contribution in [0.1, 0.15) is 13.8 Å². The van der Waals surface area contributed by atoms with Gasteiger partial charge in [0.15, 0.2) is 0 Å². The van der Waals surface area contributed by atoms with Crippen molar-refractivity contribution in [3.63, 3.8) is 0 Å². The highest BCUT2D eigenvalue weighted by atomic mass is 32.2. The van der Waals surface area contributed by atoms with Crippen molar-refractivity contribution < 1.29 is 4.79 Å². The van der Waals surface area contributed by atoms with Crippen molar-refractivity contribution >= 4 is 17.7 Å². The summed E-state index contributed by atoms with van der Waals surface area (Å²) in [5.74, 6) is 0.144. The normalized spacial score (nSPS) is 23.9. The molecule has 2 rings (SSSR count). The fourth-order valence-electron chi connectivity index (χ4n) is 1.34. The minimum Gasteiger partial charge on any atom is -0.342 e. The minimum absolute atomic E-state index is 0.144. The molecule has 1 heterocycles. The fraction of sp³-hybridized carbons (Fsp3) is 0.364. The first kappa shape index (κ1) is 9.59. The van der Waals surface area contributed by atoms with E-state index in [-0.39, 0.29) is 16.7 Å². The van der Waals surface area contributed by atoms with Crippen molar-refractivity contribution in [3.05, 3.63) is 30.3 Å². The highest BCUT2D eigenvalue weighted by Crippen LogP contribution is 2.40. The van der Waals surface area contributed by atoms with E-state index in [0.29, 0.717) is 0 Å². The van der Waals surface area contributed by atoms with Gasteiger partial charge in [-0.15, -0.1) is 11.8 Å². The van der Waals surface area contributed by atoms with E-state index >= 15 is 0 Å². The van der Waals surface area contributed by atoms with Gasteiger partial charge in [-0.1, -0.05) is 18.2 Å². The molecule has 0 unspecified atom stereocenters. The van der Waals surface area contributed by atoms with Gasteiger partial charge in [0.1, 0.15) is 0 Å². The summed E-state index contributed by atoms with van der Waals surface area (Å²) in [5.41, 5.74) is -0.236. The number of hydrogen-bond acceptors (Lipinski definition) is 2. The van der Waals surface area contributed by atoms with Gasteiger partial charge in [0.05, 0.1) is 10.8 Å². The first-order chi connectivity index (χ1) is 6.60. The molecule has 1 aromatic rings. The van der Waals surface area contributed by atoms with Crippen LogP contribution in [0.3, 0.4) is 0 Å². The van der Waals surface area contributed by atoms with Crippen molar-refractivity contribution in [3.8, 4) is 0 Å². The number of benzene rings is 1. The molecular weight excluding hydrogens is 194 g/mol. The Bertz CT molecular complexity index is 348. The van der Waals surface area contributed by atoms with Crippen LogP contribution in [-0.2, 0) is 4.79 Å². The molecule has 1 amide bonds. The Hall–Kier alpha value is -0.960. The first-order valence-electron chi connectivity index (χ1n) is 4.63. The molecule has 0 aliphatic carbocycles. The van der Waals surface area contributed by atoms with E-state index in [1.807, 2.05) is 32.0 Å². The van der Waals surface area contributed by atoms with Crippen molar-refractivity contribution in [1.29, 1.82) is 0 Å². The maximum atomic E-state index is 11.2. The average Bonchev–Trinajstić information content (AvgIpc) is 2.19. The Balaban J connectivity index is 2.04. The Kier molecular flexibility index (Phi) is 2.27. The lowest BCUT2D eigenvalue weighted by Crippen LogP contribution is -2.62. The number of carbonyl (C=O) groups is 1. The third-order valence-electron chi connectivity index (χ3n) is 2.50. The van der Waals surface area contributed by atoms with Crippen molar-refractivity contribution in [2.75, 3.05) is 0 Å². The minimum atomic E-state index is -0.236. The summed E-state index contributed by atoms with van der Waals surface area (Å²) in [7, 11) is 0. The number of thioether (sulfide) groups is 1. The van der Waals surface area contributed by atoms with E-state index in [4.69, 9.17) is 0 Å². The molecule has 1 saturated heterocycles. The molecule has 1 aromatic carbocycles. The molecule has 2 nitrogen and oxygen atoms in total. The van der Waals surface area contributed by atoms with E-state index in [9.17, 15) is 4.79 Å². The van der Waals surface area contributed by atoms with E-state index < -0.39 is 0 Å². The van der Waals surface area contributed by atoms with Crippen molar-refractivity contribution in [2.45, 2.75) is 24.1 Å². The predicted molar refractivity (Wildman–Crippen MR) is 58.0 cm³/mol. The van der Waals surface area contributed by atoms with Crippen LogP contribution < -0.4 is 5.32 Å². The summed E-state index contributed by atoms with van der Waals surface area (Å²) in [6.45, 7) is 3.96. The van der Waals surface area contributed by atoms with Crippen LogP contribution in [-0.4, -0.2) is 11.3 Å². The number of nitrogens with one attached hydrogen (secondary N) is 1. The summed E-state index contributed by atoms with van der Waals surface area (Å²) in [5, 5.41) is 3.11. The molecule has 3 heteroatoms. The molecule has 0 spiro atoms. The second-order valence-corrected chi connectivity index (χ2v) is 5.18. The summed E-state index contributed by atoms with van der Waals surface area (Å²) in [6, 6.07) is 10.1. The van der Waals surface area contributed by atoms with Crippen LogP contribution >= 0.6 is 11.8 Å². The zero-order valence-electron chi connectivity index (χ0n) is 8.28. The van der Waals surface area contributed by atoms with Gasteiger partial charge in [-0.2, -0.15) is 0 Å². The SMILES string of the molecule is CC1(C)C(=O)N[C@@H]1Sc1ccccc1. The van der Waals surface area contributed by atoms with Gasteiger partial charge in [0.2, 0.25) is 5.91 Å². The number of hydrogen-bond donors (Lipinski definition) is 1. The summed E-state index contributed by atoms with van der Waals surface area (Å²) in [6.07, 6.45) is 0. The lowest BCUT2D eigenvalue weighted by atomic mass is 9.85. The van der Waals surface area contributed by atoms with Gasteiger partial charge in [0, 0.05) is 4.90 Å². The Morgan fingerprint density at radius 1 is 1.29 bits per heavy atom. The van der Waals surface area contributed by atoms with Gasteiger partial charge in [0.25, 0.3) is 0 Å². The first-order valence-corrected chi connectivity index (χ1v) is 5.51. The zero-order chi connectivity index (χ0) is 10.2. The molecule has 1 N–H and O–H groups in total. The quantitative estimate of drug-likeness (QED) is 0.754. The average molecular weight is 207 g/mol.